The number of rotatable bonds is 10. The van der Waals surface area contributed by atoms with E-state index in [4.69, 9.17) is 9.15 Å². The highest BCUT2D eigenvalue weighted by Gasteiger charge is 2.09. The number of carbonyl (C=O) groups excluding carboxylic acids is 2. The highest BCUT2D eigenvalue weighted by Crippen LogP contribution is 2.19. The molecular formula is C21H24N4O4. The number of ether oxygens (including phenoxy) is 1. The van der Waals surface area contributed by atoms with Gasteiger partial charge in [-0.2, -0.15) is 5.10 Å². The van der Waals surface area contributed by atoms with E-state index in [0.29, 0.717) is 31.5 Å². The van der Waals surface area contributed by atoms with Crippen LogP contribution in [0.5, 0.6) is 5.75 Å². The van der Waals surface area contributed by atoms with Crippen molar-refractivity contribution >= 4 is 17.5 Å². The molecule has 0 saturated carbocycles. The number of aromatic nitrogens is 2. The number of aryl methyl sites for hydroxylation is 1. The lowest BCUT2D eigenvalue weighted by Gasteiger charge is -2.07. The molecule has 152 valence electrons. The normalized spacial score (nSPS) is 10.5. The molecule has 0 aliphatic heterocycles. The SMILES string of the molecule is COc1ccccc1CCC(=O)Nc1cnn(CC(=O)NCCc2ccco2)c1. The summed E-state index contributed by atoms with van der Waals surface area (Å²) in [7, 11) is 1.61. The van der Waals surface area contributed by atoms with Crippen LogP contribution in [0.3, 0.4) is 0 Å². The van der Waals surface area contributed by atoms with Crippen molar-refractivity contribution in [2.75, 3.05) is 19.0 Å². The van der Waals surface area contributed by atoms with E-state index in [1.807, 2.05) is 36.4 Å². The standard InChI is InChI=1S/C21H24N4O4/c1-28-19-7-3-2-5-16(19)8-9-20(26)24-17-13-23-25(14-17)15-21(27)22-11-10-18-6-4-12-29-18/h2-7,12-14H,8-11,15H2,1H3,(H,22,27)(H,24,26). The van der Waals surface area contributed by atoms with Gasteiger partial charge < -0.3 is 19.8 Å². The second-order valence-electron chi connectivity index (χ2n) is 6.47. The zero-order chi connectivity index (χ0) is 20.5. The van der Waals surface area contributed by atoms with E-state index in [1.54, 1.807) is 19.6 Å². The summed E-state index contributed by atoms with van der Waals surface area (Å²) in [5.41, 5.74) is 1.53. The smallest absolute Gasteiger partial charge is 0.241 e. The van der Waals surface area contributed by atoms with Crippen LogP contribution in [0.1, 0.15) is 17.7 Å². The van der Waals surface area contributed by atoms with Crippen LogP contribution in [0, 0.1) is 0 Å². The number of nitrogens with one attached hydrogen (secondary N) is 2. The van der Waals surface area contributed by atoms with Crippen LogP contribution in [0.2, 0.25) is 0 Å². The molecule has 3 aromatic rings. The van der Waals surface area contributed by atoms with Gasteiger partial charge in [-0.1, -0.05) is 18.2 Å². The Morgan fingerprint density at radius 1 is 1.14 bits per heavy atom. The van der Waals surface area contributed by atoms with Crippen LogP contribution in [-0.4, -0.2) is 35.2 Å². The molecule has 8 nitrogen and oxygen atoms in total. The fourth-order valence-corrected chi connectivity index (χ4v) is 2.88. The topological polar surface area (TPSA) is 98.4 Å². The number of hydrogen-bond acceptors (Lipinski definition) is 5. The maximum atomic E-state index is 12.2. The van der Waals surface area contributed by atoms with Gasteiger partial charge in [0.2, 0.25) is 11.8 Å². The predicted octanol–water partition coefficient (Wildman–Crippen LogP) is 2.41. The van der Waals surface area contributed by atoms with Crippen LogP contribution in [0.25, 0.3) is 0 Å². The van der Waals surface area contributed by atoms with Crippen molar-refractivity contribution in [1.82, 2.24) is 15.1 Å². The molecule has 0 saturated heterocycles. The van der Waals surface area contributed by atoms with Gasteiger partial charge in [-0.3, -0.25) is 14.3 Å². The third-order valence-electron chi connectivity index (χ3n) is 4.31. The van der Waals surface area contributed by atoms with E-state index in [-0.39, 0.29) is 18.4 Å². The Bertz CT molecular complexity index is 934. The first-order chi connectivity index (χ1) is 14.1. The largest absolute Gasteiger partial charge is 0.496 e. The monoisotopic (exact) mass is 396 g/mol. The molecule has 2 amide bonds. The average molecular weight is 396 g/mol. The summed E-state index contributed by atoms with van der Waals surface area (Å²) in [5.74, 6) is 1.31. The number of benzene rings is 1. The van der Waals surface area contributed by atoms with Crippen LogP contribution in [0.15, 0.2) is 59.5 Å². The Hall–Kier alpha value is -3.55. The predicted molar refractivity (Wildman–Crippen MR) is 108 cm³/mol. The van der Waals surface area contributed by atoms with Crippen molar-refractivity contribution in [3.63, 3.8) is 0 Å². The Balaban J connectivity index is 1.41. The highest BCUT2D eigenvalue weighted by molar-refractivity contribution is 5.90. The molecule has 8 heteroatoms. The Labute approximate surface area is 168 Å². The maximum Gasteiger partial charge on any atom is 0.241 e. The van der Waals surface area contributed by atoms with Gasteiger partial charge in [-0.25, -0.2) is 0 Å². The second kappa shape index (κ2) is 10.1. The van der Waals surface area contributed by atoms with Gasteiger partial charge in [0.1, 0.15) is 18.1 Å². The van der Waals surface area contributed by atoms with Gasteiger partial charge in [0.25, 0.3) is 0 Å². The fraction of sp³-hybridized carbons (Fsp3) is 0.286. The third-order valence-corrected chi connectivity index (χ3v) is 4.31. The zero-order valence-electron chi connectivity index (χ0n) is 16.3. The molecule has 2 heterocycles. The lowest BCUT2D eigenvalue weighted by molar-refractivity contribution is -0.121. The molecular weight excluding hydrogens is 372 g/mol. The van der Waals surface area contributed by atoms with Crippen LogP contribution in [0.4, 0.5) is 5.69 Å². The second-order valence-corrected chi connectivity index (χ2v) is 6.47. The maximum absolute atomic E-state index is 12.2. The van der Waals surface area contributed by atoms with E-state index in [0.717, 1.165) is 17.1 Å². The first-order valence-corrected chi connectivity index (χ1v) is 9.37. The molecule has 0 bridgehead atoms. The Morgan fingerprint density at radius 2 is 2.00 bits per heavy atom. The first kappa shape index (κ1) is 20.2. The molecule has 0 atom stereocenters. The highest BCUT2D eigenvalue weighted by atomic mass is 16.5. The average Bonchev–Trinajstić information content (AvgIpc) is 3.39. The Morgan fingerprint density at radius 3 is 2.79 bits per heavy atom. The molecule has 0 spiro atoms. The van der Waals surface area contributed by atoms with E-state index >= 15 is 0 Å². The minimum absolute atomic E-state index is 0.0786. The number of methoxy groups -OCH3 is 1. The minimum Gasteiger partial charge on any atom is -0.496 e. The molecule has 2 aromatic heterocycles. The summed E-state index contributed by atoms with van der Waals surface area (Å²) in [6.45, 7) is 0.565. The van der Waals surface area contributed by atoms with Crippen molar-refractivity contribution in [2.45, 2.75) is 25.8 Å². The number of carbonyl (C=O) groups is 2. The van der Waals surface area contributed by atoms with Gasteiger partial charge in [-0.15, -0.1) is 0 Å². The van der Waals surface area contributed by atoms with Crippen molar-refractivity contribution in [2.24, 2.45) is 0 Å². The molecule has 3 rings (SSSR count). The van der Waals surface area contributed by atoms with Gasteiger partial charge in [-0.05, 0) is 30.2 Å². The number of anilines is 1. The summed E-state index contributed by atoms with van der Waals surface area (Å²) < 4.78 is 12.0. The molecule has 1 aromatic carbocycles. The summed E-state index contributed by atoms with van der Waals surface area (Å²) >= 11 is 0. The molecule has 0 unspecified atom stereocenters. The minimum atomic E-state index is -0.159. The summed E-state index contributed by atoms with van der Waals surface area (Å²) in [5, 5.41) is 9.72. The lowest BCUT2D eigenvalue weighted by Crippen LogP contribution is -2.29. The van der Waals surface area contributed by atoms with Crippen LogP contribution >= 0.6 is 0 Å². The molecule has 0 radical (unpaired) electrons. The van der Waals surface area contributed by atoms with E-state index < -0.39 is 0 Å². The molecule has 0 aliphatic carbocycles. The van der Waals surface area contributed by atoms with Gasteiger partial charge >= 0.3 is 0 Å². The fourth-order valence-electron chi connectivity index (χ4n) is 2.88. The van der Waals surface area contributed by atoms with Crippen LogP contribution < -0.4 is 15.4 Å². The number of amides is 2. The lowest BCUT2D eigenvalue weighted by atomic mass is 10.1. The van der Waals surface area contributed by atoms with Crippen molar-refractivity contribution in [1.29, 1.82) is 0 Å². The summed E-state index contributed by atoms with van der Waals surface area (Å²) in [4.78, 5) is 24.2. The van der Waals surface area contributed by atoms with Gasteiger partial charge in [0.15, 0.2) is 0 Å². The van der Waals surface area contributed by atoms with Crippen LogP contribution in [-0.2, 0) is 29.0 Å². The Kier molecular flexibility index (Phi) is 7.05. The van der Waals surface area contributed by atoms with E-state index in [2.05, 4.69) is 15.7 Å². The molecule has 2 N–H and O–H groups in total. The molecule has 0 aliphatic rings. The van der Waals surface area contributed by atoms with Gasteiger partial charge in [0.05, 0.1) is 25.3 Å². The van der Waals surface area contributed by atoms with E-state index in [1.165, 1.54) is 10.9 Å². The summed E-state index contributed by atoms with van der Waals surface area (Å²) in [6.07, 6.45) is 6.28. The molecule has 29 heavy (non-hydrogen) atoms. The zero-order valence-corrected chi connectivity index (χ0v) is 16.3. The van der Waals surface area contributed by atoms with Crippen molar-refractivity contribution in [3.05, 3.63) is 66.4 Å². The molecule has 0 fully saturated rings. The van der Waals surface area contributed by atoms with Crippen molar-refractivity contribution < 1.29 is 18.7 Å². The van der Waals surface area contributed by atoms with Crippen molar-refractivity contribution in [3.8, 4) is 5.75 Å². The summed E-state index contributed by atoms with van der Waals surface area (Å²) in [6, 6.07) is 11.3. The quantitative estimate of drug-likeness (QED) is 0.548. The number of hydrogen-bond donors (Lipinski definition) is 2. The number of nitrogens with zero attached hydrogens (tertiary/aromatic N) is 2. The number of para-hydroxylation sites is 1. The third kappa shape index (κ3) is 6.24. The first-order valence-electron chi connectivity index (χ1n) is 9.37. The van der Waals surface area contributed by atoms with Gasteiger partial charge in [0, 0.05) is 25.6 Å². The van der Waals surface area contributed by atoms with E-state index in [9.17, 15) is 9.59 Å². The number of furan rings is 1.